The van der Waals surface area contributed by atoms with Crippen molar-refractivity contribution in [2.24, 2.45) is 5.92 Å². The second kappa shape index (κ2) is 12.5. The number of aliphatic hydroxyl groups is 1. The molecule has 0 radical (unpaired) electrons. The predicted molar refractivity (Wildman–Crippen MR) is 138 cm³/mol. The summed E-state index contributed by atoms with van der Waals surface area (Å²) in [5.74, 6) is 0.518. The van der Waals surface area contributed by atoms with E-state index in [2.05, 4.69) is 43.4 Å². The summed E-state index contributed by atoms with van der Waals surface area (Å²) in [4.78, 5) is 11.1. The van der Waals surface area contributed by atoms with Crippen LogP contribution < -0.4 is 10.1 Å². The van der Waals surface area contributed by atoms with Gasteiger partial charge >= 0.3 is 5.97 Å². The van der Waals surface area contributed by atoms with Crippen molar-refractivity contribution < 1.29 is 24.5 Å². The molecule has 2 atom stereocenters. The molecule has 0 aliphatic heterocycles. The molecule has 3 rings (SSSR count). The van der Waals surface area contributed by atoms with Gasteiger partial charge in [0.15, 0.2) is 0 Å². The third-order valence-corrected chi connectivity index (χ3v) is 6.76. The summed E-state index contributed by atoms with van der Waals surface area (Å²) in [5, 5.41) is 23.2. The molecule has 6 heteroatoms. The van der Waals surface area contributed by atoms with E-state index in [4.69, 9.17) is 14.6 Å². The van der Waals surface area contributed by atoms with Gasteiger partial charge in [-0.05, 0) is 93.7 Å². The van der Waals surface area contributed by atoms with E-state index >= 15 is 0 Å². The van der Waals surface area contributed by atoms with Crippen molar-refractivity contribution in [1.29, 1.82) is 0 Å². The monoisotopic (exact) mass is 483 g/mol. The lowest BCUT2D eigenvalue weighted by Gasteiger charge is -2.31. The predicted octanol–water partition coefficient (Wildman–Crippen LogP) is 4.71. The van der Waals surface area contributed by atoms with Crippen LogP contribution in [0.4, 0.5) is 0 Å². The lowest BCUT2D eigenvalue weighted by atomic mass is 9.88. The van der Waals surface area contributed by atoms with Gasteiger partial charge in [-0.3, -0.25) is 4.79 Å². The Morgan fingerprint density at radius 3 is 2.49 bits per heavy atom. The number of fused-ring (bicyclic) bond motifs is 1. The third kappa shape index (κ3) is 8.34. The van der Waals surface area contributed by atoms with Gasteiger partial charge in [0.2, 0.25) is 0 Å². The standard InChI is InChI=1S/C29H41NO5/c1-5-34-26-12-10-22(11-13-28(32)33)27(16-26)20(2)35-19-25(31)18-30-29(3,4)17-21-14-23-8-6-7-9-24(23)15-21/h6-10,12,16,20-21,25,30-31H,5,11,13-15,17-19H2,1-4H3,(H,32,33)/t20-,25-/m1/s1. The molecule has 0 amide bonds. The molecule has 1 aliphatic carbocycles. The fourth-order valence-electron chi connectivity index (χ4n) is 5.06. The summed E-state index contributed by atoms with van der Waals surface area (Å²) in [6.45, 7) is 9.43. The number of carboxylic acids is 1. The summed E-state index contributed by atoms with van der Waals surface area (Å²) >= 11 is 0. The molecule has 0 saturated carbocycles. The number of carboxylic acid groups (broad SMARTS) is 1. The van der Waals surface area contributed by atoms with Gasteiger partial charge in [-0.15, -0.1) is 0 Å². The van der Waals surface area contributed by atoms with E-state index in [1.807, 2.05) is 32.0 Å². The van der Waals surface area contributed by atoms with Crippen molar-refractivity contribution in [3.63, 3.8) is 0 Å². The van der Waals surface area contributed by atoms with E-state index in [9.17, 15) is 9.90 Å². The Bertz CT molecular complexity index is 948. The van der Waals surface area contributed by atoms with Crippen LogP contribution in [0, 0.1) is 5.92 Å². The average Bonchev–Trinajstić information content (AvgIpc) is 3.22. The first-order valence-corrected chi connectivity index (χ1v) is 12.8. The Morgan fingerprint density at radius 1 is 1.17 bits per heavy atom. The molecule has 6 nitrogen and oxygen atoms in total. The zero-order valence-electron chi connectivity index (χ0n) is 21.5. The van der Waals surface area contributed by atoms with Crippen LogP contribution in [0.3, 0.4) is 0 Å². The average molecular weight is 484 g/mol. The molecule has 2 aromatic rings. The first-order valence-electron chi connectivity index (χ1n) is 12.8. The lowest BCUT2D eigenvalue weighted by molar-refractivity contribution is -0.136. The maximum atomic E-state index is 11.1. The first-order chi connectivity index (χ1) is 16.7. The number of hydrogen-bond acceptors (Lipinski definition) is 5. The Balaban J connectivity index is 1.49. The van der Waals surface area contributed by atoms with E-state index < -0.39 is 12.1 Å². The van der Waals surface area contributed by atoms with Crippen molar-refractivity contribution in [2.75, 3.05) is 19.8 Å². The molecule has 192 valence electrons. The van der Waals surface area contributed by atoms with E-state index in [1.54, 1.807) is 0 Å². The summed E-state index contributed by atoms with van der Waals surface area (Å²) in [6, 6.07) is 14.4. The Kier molecular flexibility index (Phi) is 9.72. The Labute approximate surface area is 209 Å². The lowest BCUT2D eigenvalue weighted by Crippen LogP contribution is -2.45. The van der Waals surface area contributed by atoms with Crippen molar-refractivity contribution in [3.8, 4) is 5.75 Å². The highest BCUT2D eigenvalue weighted by Gasteiger charge is 2.28. The number of carbonyl (C=O) groups is 1. The van der Waals surface area contributed by atoms with Gasteiger partial charge in [0.05, 0.1) is 25.4 Å². The van der Waals surface area contributed by atoms with Crippen molar-refractivity contribution in [3.05, 3.63) is 64.7 Å². The molecular weight excluding hydrogens is 442 g/mol. The summed E-state index contributed by atoms with van der Waals surface area (Å²) in [6.07, 6.45) is 2.83. The van der Waals surface area contributed by atoms with Gasteiger partial charge in [0.25, 0.3) is 0 Å². The molecule has 0 heterocycles. The summed E-state index contributed by atoms with van der Waals surface area (Å²) in [7, 11) is 0. The zero-order valence-corrected chi connectivity index (χ0v) is 21.5. The number of aliphatic carboxylic acids is 1. The van der Waals surface area contributed by atoms with Crippen LogP contribution in [-0.2, 0) is 28.8 Å². The highest BCUT2D eigenvalue weighted by atomic mass is 16.5. The molecular formula is C29H41NO5. The van der Waals surface area contributed by atoms with Gasteiger partial charge in [-0.1, -0.05) is 30.3 Å². The molecule has 0 spiro atoms. The molecule has 0 bridgehead atoms. The third-order valence-electron chi connectivity index (χ3n) is 6.76. The maximum absolute atomic E-state index is 11.1. The highest BCUT2D eigenvalue weighted by Crippen LogP contribution is 2.32. The van der Waals surface area contributed by atoms with Crippen LogP contribution in [0.25, 0.3) is 0 Å². The molecule has 0 saturated heterocycles. The number of nitrogens with one attached hydrogen (secondary N) is 1. The number of aliphatic hydroxyl groups excluding tert-OH is 1. The normalized spacial score (nSPS) is 15.6. The van der Waals surface area contributed by atoms with Crippen molar-refractivity contribution in [2.45, 2.75) is 77.5 Å². The van der Waals surface area contributed by atoms with Gasteiger partial charge in [0.1, 0.15) is 5.75 Å². The van der Waals surface area contributed by atoms with E-state index in [-0.39, 0.29) is 24.7 Å². The minimum absolute atomic E-state index is 0.0569. The van der Waals surface area contributed by atoms with Crippen LogP contribution in [0.5, 0.6) is 5.75 Å². The van der Waals surface area contributed by atoms with Gasteiger partial charge < -0.3 is 25.0 Å². The van der Waals surface area contributed by atoms with Crippen LogP contribution in [0.15, 0.2) is 42.5 Å². The SMILES string of the molecule is CCOc1ccc(CCC(=O)O)c([C@@H](C)OC[C@H](O)CNC(C)(C)CC2Cc3ccccc3C2)c1. The van der Waals surface area contributed by atoms with Crippen LogP contribution in [0.2, 0.25) is 0 Å². The molecule has 0 unspecified atom stereocenters. The minimum atomic E-state index is -0.830. The number of ether oxygens (including phenoxy) is 2. The largest absolute Gasteiger partial charge is 0.494 e. The second-order valence-corrected chi connectivity index (χ2v) is 10.3. The van der Waals surface area contributed by atoms with E-state index in [1.165, 1.54) is 11.1 Å². The maximum Gasteiger partial charge on any atom is 0.303 e. The molecule has 0 aromatic heterocycles. The number of benzene rings is 2. The second-order valence-electron chi connectivity index (χ2n) is 10.3. The van der Waals surface area contributed by atoms with Gasteiger partial charge in [-0.2, -0.15) is 0 Å². The Morgan fingerprint density at radius 2 is 1.86 bits per heavy atom. The molecule has 35 heavy (non-hydrogen) atoms. The topological polar surface area (TPSA) is 88.0 Å². The van der Waals surface area contributed by atoms with Crippen LogP contribution >= 0.6 is 0 Å². The van der Waals surface area contributed by atoms with Gasteiger partial charge in [0, 0.05) is 18.5 Å². The van der Waals surface area contributed by atoms with E-state index in [0.29, 0.717) is 25.5 Å². The molecule has 1 aliphatic rings. The van der Waals surface area contributed by atoms with Crippen molar-refractivity contribution >= 4 is 5.97 Å². The fourth-order valence-corrected chi connectivity index (χ4v) is 5.06. The van der Waals surface area contributed by atoms with E-state index in [0.717, 1.165) is 36.1 Å². The quantitative estimate of drug-likeness (QED) is 0.361. The fraction of sp³-hybridized carbons (Fsp3) is 0.552. The number of β-amino-alcohol motifs (C(OH)–C–C–N with tert-alkyl or cyclic N) is 1. The Hall–Kier alpha value is -2.41. The minimum Gasteiger partial charge on any atom is -0.494 e. The number of rotatable bonds is 14. The van der Waals surface area contributed by atoms with Crippen molar-refractivity contribution in [1.82, 2.24) is 5.32 Å². The molecule has 0 fully saturated rings. The van der Waals surface area contributed by atoms with Crippen LogP contribution in [-0.4, -0.2) is 47.6 Å². The summed E-state index contributed by atoms with van der Waals surface area (Å²) in [5.41, 5.74) is 4.67. The highest BCUT2D eigenvalue weighted by molar-refractivity contribution is 5.67. The smallest absolute Gasteiger partial charge is 0.303 e. The molecule has 2 aromatic carbocycles. The summed E-state index contributed by atoms with van der Waals surface area (Å²) < 4.78 is 11.6. The number of hydrogen-bond donors (Lipinski definition) is 3. The molecule has 3 N–H and O–H groups in total. The zero-order chi connectivity index (χ0) is 25.4. The van der Waals surface area contributed by atoms with Gasteiger partial charge in [-0.25, -0.2) is 0 Å². The van der Waals surface area contributed by atoms with Crippen LogP contribution in [0.1, 0.15) is 68.9 Å². The first kappa shape index (κ1) is 27.2. The number of aryl methyl sites for hydroxylation is 1.